The van der Waals surface area contributed by atoms with Crippen molar-refractivity contribution in [3.8, 4) is 0 Å². The van der Waals surface area contributed by atoms with E-state index in [1.54, 1.807) is 12.3 Å². The van der Waals surface area contributed by atoms with Gasteiger partial charge in [0, 0.05) is 25.3 Å². The van der Waals surface area contributed by atoms with Crippen LogP contribution in [0.15, 0.2) is 12.3 Å². The highest BCUT2D eigenvalue weighted by Gasteiger charge is 2.21. The van der Waals surface area contributed by atoms with Gasteiger partial charge in [0.1, 0.15) is 5.82 Å². The van der Waals surface area contributed by atoms with E-state index in [9.17, 15) is 4.79 Å². The highest BCUT2D eigenvalue weighted by molar-refractivity contribution is 5.90. The zero-order chi connectivity index (χ0) is 14.4. The molecular formula is C14H23N5O. The van der Waals surface area contributed by atoms with Crippen LogP contribution in [0.3, 0.4) is 0 Å². The van der Waals surface area contributed by atoms with Gasteiger partial charge in [-0.15, -0.1) is 0 Å². The molecule has 1 aromatic heterocycles. The molecule has 1 saturated carbocycles. The summed E-state index contributed by atoms with van der Waals surface area (Å²) in [6.07, 6.45) is 3.97. The van der Waals surface area contributed by atoms with Gasteiger partial charge in [0.2, 0.25) is 5.82 Å². The first-order valence-corrected chi connectivity index (χ1v) is 7.33. The summed E-state index contributed by atoms with van der Waals surface area (Å²) < 4.78 is 0. The predicted octanol–water partition coefficient (Wildman–Crippen LogP) is 1.12. The fraction of sp³-hybridized carbons (Fsp3) is 0.643. The van der Waals surface area contributed by atoms with E-state index in [-0.39, 0.29) is 11.7 Å². The SMILES string of the molecule is CCN(CC)CCNC(=O)c1nccc(NC2CC2)n1. The van der Waals surface area contributed by atoms with E-state index in [1.165, 1.54) is 12.8 Å². The Labute approximate surface area is 120 Å². The summed E-state index contributed by atoms with van der Waals surface area (Å²) in [5, 5.41) is 6.13. The minimum Gasteiger partial charge on any atom is -0.367 e. The fourth-order valence-corrected chi connectivity index (χ4v) is 1.93. The number of rotatable bonds is 8. The van der Waals surface area contributed by atoms with Crippen LogP contribution in [0.25, 0.3) is 0 Å². The Balaban J connectivity index is 1.82. The first-order valence-electron chi connectivity index (χ1n) is 7.33. The second kappa shape index (κ2) is 7.19. The number of carbonyl (C=O) groups excluding carboxylic acids is 1. The standard InChI is InChI=1S/C14H23N5O/c1-3-19(4-2)10-9-16-14(20)13-15-8-7-12(18-13)17-11-5-6-11/h7-8,11H,3-6,9-10H2,1-2H3,(H,16,20)(H,15,17,18). The van der Waals surface area contributed by atoms with E-state index in [0.717, 1.165) is 25.5 Å². The van der Waals surface area contributed by atoms with E-state index in [1.807, 2.05) is 0 Å². The van der Waals surface area contributed by atoms with Crippen molar-refractivity contribution < 1.29 is 4.79 Å². The number of hydrogen-bond donors (Lipinski definition) is 2. The van der Waals surface area contributed by atoms with Crippen molar-refractivity contribution in [3.63, 3.8) is 0 Å². The molecule has 1 heterocycles. The first kappa shape index (κ1) is 14.7. The van der Waals surface area contributed by atoms with Crippen molar-refractivity contribution in [1.82, 2.24) is 20.2 Å². The van der Waals surface area contributed by atoms with Gasteiger partial charge in [-0.3, -0.25) is 4.79 Å². The zero-order valence-corrected chi connectivity index (χ0v) is 12.2. The van der Waals surface area contributed by atoms with Crippen LogP contribution in [0, 0.1) is 0 Å². The molecule has 1 aliphatic carbocycles. The highest BCUT2D eigenvalue weighted by atomic mass is 16.2. The number of carbonyl (C=O) groups is 1. The number of anilines is 1. The molecule has 0 spiro atoms. The second-order valence-electron chi connectivity index (χ2n) is 4.97. The number of amides is 1. The molecule has 0 bridgehead atoms. The molecule has 0 unspecified atom stereocenters. The molecule has 20 heavy (non-hydrogen) atoms. The van der Waals surface area contributed by atoms with Gasteiger partial charge in [-0.25, -0.2) is 9.97 Å². The van der Waals surface area contributed by atoms with E-state index in [4.69, 9.17) is 0 Å². The van der Waals surface area contributed by atoms with E-state index in [2.05, 4.69) is 39.3 Å². The quantitative estimate of drug-likeness (QED) is 0.745. The maximum atomic E-state index is 12.0. The molecule has 1 fully saturated rings. The van der Waals surface area contributed by atoms with Gasteiger partial charge in [0.15, 0.2) is 0 Å². The van der Waals surface area contributed by atoms with Gasteiger partial charge in [-0.2, -0.15) is 0 Å². The van der Waals surface area contributed by atoms with Crippen molar-refractivity contribution in [1.29, 1.82) is 0 Å². The molecular weight excluding hydrogens is 254 g/mol. The van der Waals surface area contributed by atoms with Crippen LogP contribution in [-0.2, 0) is 0 Å². The summed E-state index contributed by atoms with van der Waals surface area (Å²) in [6, 6.07) is 2.31. The number of aromatic nitrogens is 2. The number of nitrogens with one attached hydrogen (secondary N) is 2. The van der Waals surface area contributed by atoms with Crippen LogP contribution in [0.1, 0.15) is 37.3 Å². The van der Waals surface area contributed by atoms with Crippen LogP contribution in [0.4, 0.5) is 5.82 Å². The minimum absolute atomic E-state index is 0.211. The molecule has 1 amide bonds. The molecule has 0 atom stereocenters. The monoisotopic (exact) mass is 277 g/mol. The Morgan fingerprint density at radius 3 is 2.80 bits per heavy atom. The zero-order valence-electron chi connectivity index (χ0n) is 12.2. The van der Waals surface area contributed by atoms with Gasteiger partial charge in [-0.1, -0.05) is 13.8 Å². The average molecular weight is 277 g/mol. The van der Waals surface area contributed by atoms with Crippen LogP contribution >= 0.6 is 0 Å². The molecule has 0 radical (unpaired) electrons. The van der Waals surface area contributed by atoms with Gasteiger partial charge >= 0.3 is 0 Å². The minimum atomic E-state index is -0.211. The lowest BCUT2D eigenvalue weighted by Crippen LogP contribution is -2.35. The number of likely N-dealkylation sites (N-methyl/N-ethyl adjacent to an activating group) is 1. The van der Waals surface area contributed by atoms with Gasteiger partial charge < -0.3 is 15.5 Å². The summed E-state index contributed by atoms with van der Waals surface area (Å²) in [4.78, 5) is 22.5. The second-order valence-corrected chi connectivity index (χ2v) is 4.97. The molecule has 0 saturated heterocycles. The molecule has 1 aliphatic rings. The normalized spacial score (nSPS) is 14.3. The lowest BCUT2D eigenvalue weighted by atomic mass is 10.4. The van der Waals surface area contributed by atoms with Gasteiger partial charge in [0.05, 0.1) is 0 Å². The van der Waals surface area contributed by atoms with Crippen LogP contribution in [0.2, 0.25) is 0 Å². The molecule has 0 aliphatic heterocycles. The Morgan fingerprint density at radius 2 is 2.15 bits per heavy atom. The molecule has 1 aromatic rings. The Hall–Kier alpha value is -1.69. The maximum Gasteiger partial charge on any atom is 0.289 e. The molecule has 0 aromatic carbocycles. The lowest BCUT2D eigenvalue weighted by Gasteiger charge is -2.17. The van der Waals surface area contributed by atoms with Gasteiger partial charge in [0.25, 0.3) is 5.91 Å². The van der Waals surface area contributed by atoms with E-state index < -0.39 is 0 Å². The summed E-state index contributed by atoms with van der Waals surface area (Å²) in [7, 11) is 0. The average Bonchev–Trinajstić information content (AvgIpc) is 3.27. The van der Waals surface area contributed by atoms with Gasteiger partial charge in [-0.05, 0) is 32.0 Å². The number of hydrogen-bond acceptors (Lipinski definition) is 5. The van der Waals surface area contributed by atoms with Crippen molar-refractivity contribution >= 4 is 11.7 Å². The van der Waals surface area contributed by atoms with Crippen LogP contribution in [-0.4, -0.2) is 53.0 Å². The Kier molecular flexibility index (Phi) is 5.29. The third-order valence-electron chi connectivity index (χ3n) is 3.40. The summed E-state index contributed by atoms with van der Waals surface area (Å²) in [5.74, 6) is 0.753. The Bertz CT molecular complexity index is 443. The highest BCUT2D eigenvalue weighted by Crippen LogP contribution is 2.23. The third-order valence-corrected chi connectivity index (χ3v) is 3.40. The maximum absolute atomic E-state index is 12.0. The van der Waals surface area contributed by atoms with Crippen molar-refractivity contribution in [2.75, 3.05) is 31.5 Å². The Morgan fingerprint density at radius 1 is 1.40 bits per heavy atom. The van der Waals surface area contributed by atoms with Crippen molar-refractivity contribution in [3.05, 3.63) is 18.1 Å². The summed E-state index contributed by atoms with van der Waals surface area (Å²) in [6.45, 7) is 7.67. The van der Waals surface area contributed by atoms with Crippen LogP contribution in [0.5, 0.6) is 0 Å². The molecule has 6 nitrogen and oxygen atoms in total. The third kappa shape index (κ3) is 4.45. The predicted molar refractivity (Wildman–Crippen MR) is 78.8 cm³/mol. The smallest absolute Gasteiger partial charge is 0.289 e. The fourth-order valence-electron chi connectivity index (χ4n) is 1.93. The topological polar surface area (TPSA) is 70.2 Å². The summed E-state index contributed by atoms with van der Waals surface area (Å²) in [5.41, 5.74) is 0. The van der Waals surface area contributed by atoms with E-state index in [0.29, 0.717) is 12.6 Å². The number of nitrogens with zero attached hydrogens (tertiary/aromatic N) is 3. The largest absolute Gasteiger partial charge is 0.367 e. The summed E-state index contributed by atoms with van der Waals surface area (Å²) >= 11 is 0. The lowest BCUT2D eigenvalue weighted by molar-refractivity contribution is 0.0938. The molecule has 110 valence electrons. The molecule has 6 heteroatoms. The van der Waals surface area contributed by atoms with E-state index >= 15 is 0 Å². The molecule has 2 rings (SSSR count). The van der Waals surface area contributed by atoms with Crippen molar-refractivity contribution in [2.45, 2.75) is 32.7 Å². The van der Waals surface area contributed by atoms with Crippen molar-refractivity contribution in [2.24, 2.45) is 0 Å². The van der Waals surface area contributed by atoms with Crippen LogP contribution < -0.4 is 10.6 Å². The molecule has 2 N–H and O–H groups in total. The first-order chi connectivity index (χ1) is 9.72.